The lowest BCUT2D eigenvalue weighted by atomic mass is 10.00. The van der Waals surface area contributed by atoms with Crippen LogP contribution in [-0.4, -0.2) is 38.2 Å². The summed E-state index contributed by atoms with van der Waals surface area (Å²) in [6.07, 6.45) is 3.42. The van der Waals surface area contributed by atoms with Gasteiger partial charge in [-0.15, -0.1) is 11.8 Å². The van der Waals surface area contributed by atoms with Crippen LogP contribution in [0.3, 0.4) is 0 Å². The summed E-state index contributed by atoms with van der Waals surface area (Å²) in [6, 6.07) is -0.376. The molecule has 1 N–H and O–H groups in total. The lowest BCUT2D eigenvalue weighted by molar-refractivity contribution is -0.144. The standard InChI is InChI=1S/C13H25NO2S/c1-6-7-8-9-14-10(11(15)16)12(2,3)17-13(14,4)5/h10H,6-9H2,1-5H3,(H,15,16). The second-order valence-electron chi connectivity index (χ2n) is 5.79. The van der Waals surface area contributed by atoms with Crippen LogP contribution in [0.25, 0.3) is 0 Å². The molecule has 0 aromatic heterocycles. The van der Waals surface area contributed by atoms with Gasteiger partial charge in [-0.2, -0.15) is 0 Å². The number of unbranched alkanes of at least 4 members (excludes halogenated alkanes) is 2. The van der Waals surface area contributed by atoms with Crippen LogP contribution >= 0.6 is 11.8 Å². The fourth-order valence-corrected chi connectivity index (χ4v) is 4.75. The smallest absolute Gasteiger partial charge is 0.322 e. The topological polar surface area (TPSA) is 40.5 Å². The summed E-state index contributed by atoms with van der Waals surface area (Å²) < 4.78 is -0.221. The van der Waals surface area contributed by atoms with Gasteiger partial charge in [0.05, 0.1) is 4.87 Å². The van der Waals surface area contributed by atoms with Crippen LogP contribution in [0.4, 0.5) is 0 Å². The molecule has 1 atom stereocenters. The SMILES string of the molecule is CCCCCN1C(C(=O)O)C(C)(C)SC1(C)C. The number of nitrogens with zero attached hydrogens (tertiary/aromatic N) is 1. The van der Waals surface area contributed by atoms with Gasteiger partial charge in [0.1, 0.15) is 6.04 Å². The molecule has 0 bridgehead atoms. The molecule has 0 spiro atoms. The molecular weight excluding hydrogens is 234 g/mol. The Morgan fingerprint density at radius 3 is 2.35 bits per heavy atom. The van der Waals surface area contributed by atoms with Crippen LogP contribution in [0.1, 0.15) is 53.9 Å². The Bertz CT molecular complexity index is 289. The Balaban J connectivity index is 2.84. The van der Waals surface area contributed by atoms with Crippen molar-refractivity contribution in [1.82, 2.24) is 4.90 Å². The first-order valence-electron chi connectivity index (χ1n) is 6.42. The quantitative estimate of drug-likeness (QED) is 0.770. The second-order valence-corrected chi connectivity index (χ2v) is 8.05. The fourth-order valence-electron chi connectivity index (χ4n) is 2.81. The third-order valence-corrected chi connectivity index (χ3v) is 4.89. The summed E-state index contributed by atoms with van der Waals surface area (Å²) in [5.41, 5.74) is 0. The van der Waals surface area contributed by atoms with E-state index in [0.29, 0.717) is 0 Å². The molecule has 3 nitrogen and oxygen atoms in total. The van der Waals surface area contributed by atoms with Gasteiger partial charge in [-0.05, 0) is 34.1 Å². The van der Waals surface area contributed by atoms with Gasteiger partial charge in [-0.3, -0.25) is 9.69 Å². The van der Waals surface area contributed by atoms with Gasteiger partial charge >= 0.3 is 5.97 Å². The Morgan fingerprint density at radius 2 is 1.88 bits per heavy atom. The molecule has 0 radical (unpaired) electrons. The average Bonchev–Trinajstić information content (AvgIpc) is 2.31. The largest absolute Gasteiger partial charge is 0.480 e. The molecule has 4 heteroatoms. The van der Waals surface area contributed by atoms with Crippen LogP contribution < -0.4 is 0 Å². The minimum absolute atomic E-state index is 0.0830. The molecule has 17 heavy (non-hydrogen) atoms. The van der Waals surface area contributed by atoms with Crippen LogP contribution in [0, 0.1) is 0 Å². The summed E-state index contributed by atoms with van der Waals surface area (Å²) in [5, 5.41) is 9.45. The van der Waals surface area contributed by atoms with Crippen molar-refractivity contribution in [1.29, 1.82) is 0 Å². The maximum absolute atomic E-state index is 11.5. The van der Waals surface area contributed by atoms with Crippen molar-refractivity contribution in [3.05, 3.63) is 0 Å². The summed E-state index contributed by atoms with van der Waals surface area (Å²) in [5.74, 6) is -0.690. The predicted molar refractivity (Wildman–Crippen MR) is 73.4 cm³/mol. The highest BCUT2D eigenvalue weighted by Crippen LogP contribution is 2.50. The first-order chi connectivity index (χ1) is 7.72. The molecule has 0 aromatic carbocycles. The third kappa shape index (κ3) is 3.16. The first kappa shape index (κ1) is 14.8. The van der Waals surface area contributed by atoms with E-state index >= 15 is 0 Å². The van der Waals surface area contributed by atoms with Gasteiger partial charge in [-0.1, -0.05) is 19.8 Å². The van der Waals surface area contributed by atoms with Gasteiger partial charge in [0.15, 0.2) is 0 Å². The molecule has 1 aliphatic rings. The number of aliphatic carboxylic acids is 1. The number of carbonyl (C=O) groups is 1. The monoisotopic (exact) mass is 259 g/mol. The van der Waals surface area contributed by atoms with Gasteiger partial charge in [-0.25, -0.2) is 0 Å². The van der Waals surface area contributed by atoms with Crippen LogP contribution in [0.5, 0.6) is 0 Å². The molecule has 1 aliphatic heterocycles. The summed E-state index contributed by atoms with van der Waals surface area (Å²) in [4.78, 5) is 13.6. The summed E-state index contributed by atoms with van der Waals surface area (Å²) in [7, 11) is 0. The summed E-state index contributed by atoms with van der Waals surface area (Å²) in [6.45, 7) is 11.4. The molecule has 1 unspecified atom stereocenters. The zero-order chi connectivity index (χ0) is 13.3. The van der Waals surface area contributed by atoms with E-state index in [1.54, 1.807) is 11.8 Å². The molecule has 1 saturated heterocycles. The van der Waals surface area contributed by atoms with E-state index in [-0.39, 0.29) is 15.7 Å². The normalized spacial score (nSPS) is 27.2. The molecular formula is C13H25NO2S. The Kier molecular flexibility index (Phi) is 4.53. The van der Waals surface area contributed by atoms with Crippen molar-refractivity contribution in [2.24, 2.45) is 0 Å². The van der Waals surface area contributed by atoms with Crippen molar-refractivity contribution in [2.75, 3.05) is 6.54 Å². The van der Waals surface area contributed by atoms with Crippen molar-refractivity contribution < 1.29 is 9.90 Å². The minimum atomic E-state index is -0.690. The average molecular weight is 259 g/mol. The molecule has 1 heterocycles. The van der Waals surface area contributed by atoms with Gasteiger partial charge in [0, 0.05) is 11.3 Å². The molecule has 0 saturated carbocycles. The Hall–Kier alpha value is -0.220. The molecule has 1 rings (SSSR count). The van der Waals surface area contributed by atoms with E-state index in [1.165, 1.54) is 12.8 Å². The number of thioether (sulfide) groups is 1. The number of hydrogen-bond donors (Lipinski definition) is 1. The van der Waals surface area contributed by atoms with Crippen LogP contribution in [0.15, 0.2) is 0 Å². The maximum Gasteiger partial charge on any atom is 0.322 e. The van der Waals surface area contributed by atoms with Crippen molar-refractivity contribution in [3.8, 4) is 0 Å². The lowest BCUT2D eigenvalue weighted by Crippen LogP contribution is -2.50. The maximum atomic E-state index is 11.5. The van der Waals surface area contributed by atoms with Crippen molar-refractivity contribution in [3.63, 3.8) is 0 Å². The fraction of sp³-hybridized carbons (Fsp3) is 0.923. The lowest BCUT2D eigenvalue weighted by Gasteiger charge is -2.33. The van der Waals surface area contributed by atoms with E-state index in [4.69, 9.17) is 0 Å². The third-order valence-electron chi connectivity index (χ3n) is 3.41. The number of hydrogen-bond acceptors (Lipinski definition) is 3. The van der Waals surface area contributed by atoms with Crippen LogP contribution in [0.2, 0.25) is 0 Å². The highest BCUT2D eigenvalue weighted by molar-refractivity contribution is 8.02. The minimum Gasteiger partial charge on any atom is -0.480 e. The van der Waals surface area contributed by atoms with E-state index in [2.05, 4.69) is 25.7 Å². The zero-order valence-corrected chi connectivity index (χ0v) is 12.4. The van der Waals surface area contributed by atoms with E-state index in [0.717, 1.165) is 13.0 Å². The highest BCUT2D eigenvalue weighted by Gasteiger charge is 2.54. The first-order valence-corrected chi connectivity index (χ1v) is 7.23. The van der Waals surface area contributed by atoms with Gasteiger partial charge in [0.2, 0.25) is 0 Å². The second kappa shape index (κ2) is 5.19. The highest BCUT2D eigenvalue weighted by atomic mass is 32.2. The Morgan fingerprint density at radius 1 is 1.29 bits per heavy atom. The van der Waals surface area contributed by atoms with Crippen LogP contribution in [-0.2, 0) is 4.79 Å². The molecule has 0 aliphatic carbocycles. The molecule has 100 valence electrons. The van der Waals surface area contributed by atoms with E-state index in [1.807, 2.05) is 13.8 Å². The van der Waals surface area contributed by atoms with E-state index in [9.17, 15) is 9.90 Å². The molecule has 0 amide bonds. The number of carboxylic acids is 1. The predicted octanol–water partition coefficient (Wildman–Crippen LogP) is 3.19. The van der Waals surface area contributed by atoms with Gasteiger partial charge < -0.3 is 5.11 Å². The number of rotatable bonds is 5. The molecule has 0 aromatic rings. The van der Waals surface area contributed by atoms with Crippen molar-refractivity contribution in [2.45, 2.75) is 69.5 Å². The zero-order valence-electron chi connectivity index (χ0n) is 11.6. The van der Waals surface area contributed by atoms with Crippen molar-refractivity contribution >= 4 is 17.7 Å². The number of carboxylic acid groups (broad SMARTS) is 1. The summed E-state index contributed by atoms with van der Waals surface area (Å²) >= 11 is 1.77. The Labute approximate surface area is 109 Å². The van der Waals surface area contributed by atoms with Gasteiger partial charge in [0.25, 0.3) is 0 Å². The van der Waals surface area contributed by atoms with E-state index < -0.39 is 5.97 Å². The molecule has 1 fully saturated rings.